The number of rotatable bonds is 4. The molecule has 1 aliphatic heterocycles. The number of likely N-dealkylation sites (tertiary alicyclic amines) is 1. The van der Waals surface area contributed by atoms with Crippen molar-refractivity contribution in [3.63, 3.8) is 0 Å². The third kappa shape index (κ3) is 4.24. The fraction of sp³-hybridized carbons (Fsp3) is 0.278. The molecule has 1 saturated heterocycles. The Bertz CT molecular complexity index is 787. The Labute approximate surface area is 154 Å². The highest BCUT2D eigenvalue weighted by molar-refractivity contribution is 6.42. The Morgan fingerprint density at radius 1 is 1.24 bits per heavy atom. The summed E-state index contributed by atoms with van der Waals surface area (Å²) in [5, 5.41) is 10.7. The molecule has 1 heterocycles. The molecular weight excluding hydrogens is 368 g/mol. The summed E-state index contributed by atoms with van der Waals surface area (Å²) >= 11 is 11.8. The van der Waals surface area contributed by atoms with Gasteiger partial charge in [0.1, 0.15) is 11.6 Å². The van der Waals surface area contributed by atoms with Gasteiger partial charge in [0.05, 0.1) is 22.2 Å². The average Bonchev–Trinajstić information content (AvgIpc) is 2.98. The van der Waals surface area contributed by atoms with Crippen LogP contribution in [0.25, 0.3) is 0 Å². The van der Waals surface area contributed by atoms with Crippen molar-refractivity contribution in [3.8, 4) is 5.75 Å². The third-order valence-corrected chi connectivity index (χ3v) is 4.83. The molecule has 0 unspecified atom stereocenters. The van der Waals surface area contributed by atoms with Gasteiger partial charge in [0.25, 0.3) is 5.91 Å². The van der Waals surface area contributed by atoms with E-state index >= 15 is 0 Å². The molecule has 2 atom stereocenters. The molecule has 2 aromatic rings. The highest BCUT2D eigenvalue weighted by Gasteiger charge is 2.35. The van der Waals surface area contributed by atoms with Crippen molar-refractivity contribution in [3.05, 3.63) is 63.9 Å². The maximum absolute atomic E-state index is 13.5. The normalized spacial score (nSPS) is 19.9. The number of ether oxygens (including phenoxy) is 1. The Morgan fingerprint density at radius 2 is 2.04 bits per heavy atom. The smallest absolute Gasteiger partial charge is 0.261 e. The van der Waals surface area contributed by atoms with E-state index in [0.717, 1.165) is 0 Å². The van der Waals surface area contributed by atoms with Gasteiger partial charge in [-0.1, -0.05) is 35.3 Å². The van der Waals surface area contributed by atoms with Crippen LogP contribution in [0.1, 0.15) is 18.0 Å². The molecule has 7 heteroatoms. The molecule has 2 aromatic carbocycles. The van der Waals surface area contributed by atoms with Crippen LogP contribution < -0.4 is 4.74 Å². The van der Waals surface area contributed by atoms with Crippen LogP contribution in [-0.2, 0) is 4.79 Å². The molecule has 0 aliphatic carbocycles. The third-order valence-electron chi connectivity index (χ3n) is 4.09. The summed E-state index contributed by atoms with van der Waals surface area (Å²) in [6.07, 6.45) is -0.288. The van der Waals surface area contributed by atoms with Crippen LogP contribution in [0.2, 0.25) is 10.0 Å². The summed E-state index contributed by atoms with van der Waals surface area (Å²) < 4.78 is 18.9. The van der Waals surface area contributed by atoms with Gasteiger partial charge in [-0.3, -0.25) is 4.79 Å². The van der Waals surface area contributed by atoms with E-state index in [2.05, 4.69) is 0 Å². The Balaban J connectivity index is 1.70. The summed E-state index contributed by atoms with van der Waals surface area (Å²) in [7, 11) is 0. The van der Waals surface area contributed by atoms with Crippen molar-refractivity contribution in [2.75, 3.05) is 13.2 Å². The standard InChI is InChI=1S/C18H16Cl2FNO3/c19-15-5-4-14(8-16(15)20)25-10-18(24)22-9-13(23)7-17(22)11-2-1-3-12(21)6-11/h1-6,8,13,17,23H,7,9-10H2/t13-,17+/m1/s1. The number of carbonyl (C=O) groups is 1. The van der Waals surface area contributed by atoms with Crippen LogP contribution in [-0.4, -0.2) is 35.2 Å². The van der Waals surface area contributed by atoms with Crippen LogP contribution in [0.3, 0.4) is 0 Å². The number of nitrogens with zero attached hydrogens (tertiary/aromatic N) is 1. The number of hydrogen-bond acceptors (Lipinski definition) is 3. The zero-order valence-electron chi connectivity index (χ0n) is 13.2. The van der Waals surface area contributed by atoms with Gasteiger partial charge in [-0.05, 0) is 36.2 Å². The van der Waals surface area contributed by atoms with Gasteiger partial charge in [0, 0.05) is 12.6 Å². The van der Waals surface area contributed by atoms with E-state index < -0.39 is 6.10 Å². The maximum atomic E-state index is 13.5. The van der Waals surface area contributed by atoms with Crippen molar-refractivity contribution in [1.82, 2.24) is 4.90 Å². The summed E-state index contributed by atoms with van der Waals surface area (Å²) in [5.74, 6) is -0.250. The Hall–Kier alpha value is -1.82. The molecule has 1 amide bonds. The van der Waals surface area contributed by atoms with Gasteiger partial charge in [-0.2, -0.15) is 0 Å². The van der Waals surface area contributed by atoms with E-state index in [1.54, 1.807) is 24.3 Å². The van der Waals surface area contributed by atoms with E-state index in [0.29, 0.717) is 27.8 Å². The summed E-state index contributed by atoms with van der Waals surface area (Å²) in [6.45, 7) is -0.0265. The lowest BCUT2D eigenvalue weighted by molar-refractivity contribution is -0.134. The molecule has 3 rings (SSSR count). The van der Waals surface area contributed by atoms with E-state index in [1.807, 2.05) is 0 Å². The van der Waals surface area contributed by atoms with E-state index in [9.17, 15) is 14.3 Å². The summed E-state index contributed by atoms with van der Waals surface area (Å²) in [5.41, 5.74) is 0.652. The first-order chi connectivity index (χ1) is 11.9. The zero-order chi connectivity index (χ0) is 18.0. The van der Waals surface area contributed by atoms with Crippen molar-refractivity contribution >= 4 is 29.1 Å². The number of aliphatic hydroxyl groups excluding tert-OH is 1. The number of hydrogen-bond donors (Lipinski definition) is 1. The molecule has 0 saturated carbocycles. The lowest BCUT2D eigenvalue weighted by Gasteiger charge is -2.25. The second-order valence-electron chi connectivity index (χ2n) is 5.87. The molecular formula is C18H16Cl2FNO3. The molecule has 4 nitrogen and oxygen atoms in total. The van der Waals surface area contributed by atoms with Gasteiger partial charge in [0.2, 0.25) is 0 Å². The molecule has 0 bridgehead atoms. The predicted molar refractivity (Wildman–Crippen MR) is 93.4 cm³/mol. The molecule has 0 aromatic heterocycles. The van der Waals surface area contributed by atoms with E-state index in [4.69, 9.17) is 27.9 Å². The van der Waals surface area contributed by atoms with E-state index in [-0.39, 0.29) is 30.9 Å². The van der Waals surface area contributed by atoms with Gasteiger partial charge in [0.15, 0.2) is 6.61 Å². The minimum atomic E-state index is -0.651. The minimum Gasteiger partial charge on any atom is -0.484 e. The monoisotopic (exact) mass is 383 g/mol. The number of aliphatic hydroxyl groups is 1. The number of amides is 1. The van der Waals surface area contributed by atoms with E-state index in [1.165, 1.54) is 23.1 Å². The predicted octanol–water partition coefficient (Wildman–Crippen LogP) is 3.85. The molecule has 132 valence electrons. The Morgan fingerprint density at radius 3 is 2.76 bits per heavy atom. The second-order valence-corrected chi connectivity index (χ2v) is 6.69. The fourth-order valence-corrected chi connectivity index (χ4v) is 3.20. The topological polar surface area (TPSA) is 49.8 Å². The van der Waals surface area contributed by atoms with Crippen LogP contribution in [0.4, 0.5) is 4.39 Å². The second kappa shape index (κ2) is 7.60. The Kier molecular flexibility index (Phi) is 5.47. The zero-order valence-corrected chi connectivity index (χ0v) is 14.7. The molecule has 0 radical (unpaired) electrons. The van der Waals surface area contributed by atoms with Crippen LogP contribution in [0.5, 0.6) is 5.75 Å². The molecule has 0 spiro atoms. The molecule has 1 fully saturated rings. The first-order valence-electron chi connectivity index (χ1n) is 7.75. The van der Waals surface area contributed by atoms with Gasteiger partial charge < -0.3 is 14.7 Å². The van der Waals surface area contributed by atoms with Gasteiger partial charge >= 0.3 is 0 Å². The lowest BCUT2D eigenvalue weighted by Crippen LogP contribution is -2.35. The van der Waals surface area contributed by atoms with Gasteiger partial charge in [-0.25, -0.2) is 4.39 Å². The van der Waals surface area contributed by atoms with Crippen LogP contribution in [0.15, 0.2) is 42.5 Å². The molecule has 1 N–H and O–H groups in total. The minimum absolute atomic E-state index is 0.185. The van der Waals surface area contributed by atoms with Crippen LogP contribution in [0, 0.1) is 5.82 Å². The first kappa shape index (κ1) is 18.0. The first-order valence-corrected chi connectivity index (χ1v) is 8.50. The van der Waals surface area contributed by atoms with Crippen molar-refractivity contribution in [1.29, 1.82) is 0 Å². The number of halogens is 3. The summed E-state index contributed by atoms with van der Waals surface area (Å²) in [6, 6.07) is 10.4. The maximum Gasteiger partial charge on any atom is 0.261 e. The summed E-state index contributed by atoms with van der Waals surface area (Å²) in [4.78, 5) is 14.0. The SMILES string of the molecule is O=C(COc1ccc(Cl)c(Cl)c1)N1C[C@H](O)C[C@H]1c1cccc(F)c1. The largest absolute Gasteiger partial charge is 0.484 e. The van der Waals surface area contributed by atoms with Crippen molar-refractivity contribution in [2.45, 2.75) is 18.6 Å². The number of β-amino-alcohol motifs (C(OH)–C–C–N with tert-alkyl or cyclic N) is 1. The highest BCUT2D eigenvalue weighted by Crippen LogP contribution is 2.33. The van der Waals surface area contributed by atoms with Crippen LogP contribution >= 0.6 is 23.2 Å². The molecule has 1 aliphatic rings. The number of carbonyl (C=O) groups excluding carboxylic acids is 1. The lowest BCUT2D eigenvalue weighted by atomic mass is 10.0. The van der Waals surface area contributed by atoms with Crippen molar-refractivity contribution < 1.29 is 19.0 Å². The van der Waals surface area contributed by atoms with Gasteiger partial charge in [-0.15, -0.1) is 0 Å². The average molecular weight is 384 g/mol. The number of benzene rings is 2. The highest BCUT2D eigenvalue weighted by atomic mass is 35.5. The molecule has 25 heavy (non-hydrogen) atoms. The van der Waals surface area contributed by atoms with Crippen molar-refractivity contribution in [2.24, 2.45) is 0 Å². The quantitative estimate of drug-likeness (QED) is 0.872. The fourth-order valence-electron chi connectivity index (χ4n) is 2.91.